The van der Waals surface area contributed by atoms with Gasteiger partial charge in [0.1, 0.15) is 22.8 Å². The fourth-order valence-corrected chi connectivity index (χ4v) is 4.28. The molecule has 170 valence electrons. The number of ether oxygens (including phenoxy) is 3. The van der Waals surface area contributed by atoms with Crippen LogP contribution in [0.3, 0.4) is 0 Å². The van der Waals surface area contributed by atoms with Crippen LogP contribution >= 0.6 is 11.8 Å². The molecule has 0 spiro atoms. The van der Waals surface area contributed by atoms with Crippen molar-refractivity contribution >= 4 is 28.8 Å². The summed E-state index contributed by atoms with van der Waals surface area (Å²) < 4.78 is 35.0. The zero-order valence-corrected chi connectivity index (χ0v) is 19.2. The third-order valence-electron chi connectivity index (χ3n) is 4.95. The van der Waals surface area contributed by atoms with Crippen LogP contribution in [0, 0.1) is 12.7 Å². The lowest BCUT2D eigenvalue weighted by molar-refractivity contribution is -0.142. The molecule has 0 aliphatic carbocycles. The second-order valence-electron chi connectivity index (χ2n) is 7.25. The second-order valence-corrected chi connectivity index (χ2v) is 8.27. The highest BCUT2D eigenvalue weighted by atomic mass is 32.2. The first kappa shape index (κ1) is 22.7. The van der Waals surface area contributed by atoms with E-state index < -0.39 is 5.97 Å². The molecule has 0 fully saturated rings. The fraction of sp³-hybridized carbons (Fsp3) is 0.200. The summed E-state index contributed by atoms with van der Waals surface area (Å²) in [5.74, 6) is 1.50. The highest BCUT2D eigenvalue weighted by Gasteiger charge is 2.13. The Labute approximate surface area is 194 Å². The van der Waals surface area contributed by atoms with Gasteiger partial charge >= 0.3 is 5.97 Å². The van der Waals surface area contributed by atoms with Gasteiger partial charge in [0, 0.05) is 17.4 Å². The van der Waals surface area contributed by atoms with E-state index in [0.717, 1.165) is 16.0 Å². The minimum atomic E-state index is -0.448. The number of aryl methyl sites for hydroxylation is 1. The molecule has 4 rings (SSSR count). The number of carbonyl (C=O) groups is 1. The molecule has 1 heterocycles. The Balaban J connectivity index is 1.50. The Morgan fingerprint density at radius 2 is 1.94 bits per heavy atom. The number of aromatic nitrogens is 1. The van der Waals surface area contributed by atoms with Crippen molar-refractivity contribution < 1.29 is 27.8 Å². The van der Waals surface area contributed by atoms with E-state index in [1.165, 1.54) is 19.2 Å². The molecule has 0 bridgehead atoms. The van der Waals surface area contributed by atoms with Crippen LogP contribution in [0.1, 0.15) is 11.1 Å². The molecule has 8 heteroatoms. The summed E-state index contributed by atoms with van der Waals surface area (Å²) in [6.45, 7) is 1.74. The SMILES string of the molecule is COC(=O)COc1cc(OC)c(SCc2ccc3oc(-c4cccc(F)c4)nc3c2)cc1C. The van der Waals surface area contributed by atoms with Gasteiger partial charge in [0.2, 0.25) is 5.89 Å². The third-order valence-corrected chi connectivity index (χ3v) is 6.06. The number of fused-ring (bicyclic) bond motifs is 1. The zero-order chi connectivity index (χ0) is 23.4. The minimum Gasteiger partial charge on any atom is -0.495 e. The molecule has 3 aromatic carbocycles. The molecule has 0 atom stereocenters. The number of hydrogen-bond donors (Lipinski definition) is 0. The molecule has 0 saturated heterocycles. The molecular weight excluding hydrogens is 445 g/mol. The molecule has 0 amide bonds. The number of carbonyl (C=O) groups excluding carboxylic acids is 1. The number of benzene rings is 3. The Morgan fingerprint density at radius 3 is 2.70 bits per heavy atom. The predicted octanol–water partition coefficient (Wildman–Crippen LogP) is 5.80. The lowest BCUT2D eigenvalue weighted by Crippen LogP contribution is -2.13. The van der Waals surface area contributed by atoms with Crippen LogP contribution < -0.4 is 9.47 Å². The molecule has 1 aromatic heterocycles. The normalized spacial score (nSPS) is 10.9. The number of thioether (sulfide) groups is 1. The Hall–Kier alpha value is -3.52. The van der Waals surface area contributed by atoms with Crippen molar-refractivity contribution in [3.8, 4) is 23.0 Å². The van der Waals surface area contributed by atoms with Gasteiger partial charge in [-0.3, -0.25) is 0 Å². The first-order chi connectivity index (χ1) is 16.0. The van der Waals surface area contributed by atoms with Crippen LogP contribution in [0.5, 0.6) is 11.5 Å². The Kier molecular flexibility index (Phi) is 6.84. The van der Waals surface area contributed by atoms with Gasteiger partial charge in [-0.25, -0.2) is 14.2 Å². The molecule has 0 N–H and O–H groups in total. The van der Waals surface area contributed by atoms with Gasteiger partial charge in [-0.15, -0.1) is 11.8 Å². The maximum atomic E-state index is 13.5. The van der Waals surface area contributed by atoms with Crippen LogP contribution in [-0.2, 0) is 15.3 Å². The summed E-state index contributed by atoms with van der Waals surface area (Å²) in [5, 5.41) is 0. The molecule has 33 heavy (non-hydrogen) atoms. The molecule has 0 saturated carbocycles. The highest BCUT2D eigenvalue weighted by molar-refractivity contribution is 7.98. The molecule has 0 radical (unpaired) electrons. The maximum Gasteiger partial charge on any atom is 0.343 e. The van der Waals surface area contributed by atoms with Gasteiger partial charge in [-0.1, -0.05) is 12.1 Å². The highest BCUT2D eigenvalue weighted by Crippen LogP contribution is 2.37. The summed E-state index contributed by atoms with van der Waals surface area (Å²) in [6.07, 6.45) is 0. The molecule has 0 aliphatic heterocycles. The van der Waals surface area contributed by atoms with E-state index in [2.05, 4.69) is 9.72 Å². The van der Waals surface area contributed by atoms with Crippen molar-refractivity contribution in [2.75, 3.05) is 20.8 Å². The van der Waals surface area contributed by atoms with Crippen LogP contribution in [0.4, 0.5) is 4.39 Å². The standard InChI is InChI=1S/C25H22FNO5S/c1-15-9-23(22(29-2)12-21(15)31-13-24(28)30-3)33-14-16-7-8-20-19(10-16)27-25(32-20)17-5-4-6-18(26)11-17/h4-12H,13-14H2,1-3H3. The summed E-state index contributed by atoms with van der Waals surface area (Å²) in [6, 6.07) is 15.7. The van der Waals surface area contributed by atoms with E-state index >= 15 is 0 Å². The lowest BCUT2D eigenvalue weighted by atomic mass is 10.2. The van der Waals surface area contributed by atoms with Crippen molar-refractivity contribution in [2.45, 2.75) is 17.6 Å². The average molecular weight is 468 g/mol. The first-order valence-electron chi connectivity index (χ1n) is 10.1. The Morgan fingerprint density at radius 1 is 1.09 bits per heavy atom. The number of methoxy groups -OCH3 is 2. The fourth-order valence-electron chi connectivity index (χ4n) is 3.24. The lowest BCUT2D eigenvalue weighted by Gasteiger charge is -2.14. The molecule has 6 nitrogen and oxygen atoms in total. The Bertz CT molecular complexity index is 1300. The van der Waals surface area contributed by atoms with Gasteiger partial charge in [0.25, 0.3) is 0 Å². The van der Waals surface area contributed by atoms with Crippen LogP contribution in [0.15, 0.2) is 63.9 Å². The molecular formula is C25H22FNO5S. The predicted molar refractivity (Wildman–Crippen MR) is 124 cm³/mol. The number of rotatable bonds is 8. The molecule has 0 aliphatic rings. The number of hydrogen-bond acceptors (Lipinski definition) is 7. The molecule has 0 unspecified atom stereocenters. The minimum absolute atomic E-state index is 0.164. The summed E-state index contributed by atoms with van der Waals surface area (Å²) >= 11 is 1.61. The van der Waals surface area contributed by atoms with E-state index in [1.807, 2.05) is 31.2 Å². The van der Waals surface area contributed by atoms with Gasteiger partial charge in [-0.05, 0) is 54.4 Å². The van der Waals surface area contributed by atoms with E-state index in [0.29, 0.717) is 39.8 Å². The van der Waals surface area contributed by atoms with Gasteiger partial charge in [-0.2, -0.15) is 0 Å². The van der Waals surface area contributed by atoms with E-state index in [1.54, 1.807) is 37.1 Å². The summed E-state index contributed by atoms with van der Waals surface area (Å²) in [7, 11) is 2.91. The van der Waals surface area contributed by atoms with Crippen molar-refractivity contribution in [3.63, 3.8) is 0 Å². The van der Waals surface area contributed by atoms with E-state index in [-0.39, 0.29) is 12.4 Å². The van der Waals surface area contributed by atoms with Gasteiger partial charge in [0.15, 0.2) is 12.2 Å². The number of oxazole rings is 1. The van der Waals surface area contributed by atoms with Crippen LogP contribution in [0.2, 0.25) is 0 Å². The molecule has 4 aromatic rings. The van der Waals surface area contributed by atoms with Crippen LogP contribution in [0.25, 0.3) is 22.6 Å². The summed E-state index contributed by atoms with van der Waals surface area (Å²) in [5.41, 5.74) is 3.88. The number of halogens is 1. The third kappa shape index (κ3) is 5.28. The largest absolute Gasteiger partial charge is 0.495 e. The monoisotopic (exact) mass is 467 g/mol. The maximum absolute atomic E-state index is 13.5. The van der Waals surface area contributed by atoms with Crippen molar-refractivity contribution in [2.24, 2.45) is 0 Å². The smallest absolute Gasteiger partial charge is 0.343 e. The van der Waals surface area contributed by atoms with Crippen molar-refractivity contribution in [3.05, 3.63) is 71.5 Å². The second kappa shape index (κ2) is 9.95. The zero-order valence-electron chi connectivity index (χ0n) is 18.4. The number of nitrogens with zero attached hydrogens (tertiary/aromatic N) is 1. The van der Waals surface area contributed by atoms with Crippen LogP contribution in [-0.4, -0.2) is 31.8 Å². The number of esters is 1. The van der Waals surface area contributed by atoms with Gasteiger partial charge in [0.05, 0.1) is 19.1 Å². The van der Waals surface area contributed by atoms with E-state index in [9.17, 15) is 9.18 Å². The topological polar surface area (TPSA) is 70.8 Å². The summed E-state index contributed by atoms with van der Waals surface area (Å²) in [4.78, 5) is 16.8. The van der Waals surface area contributed by atoms with E-state index in [4.69, 9.17) is 13.9 Å². The van der Waals surface area contributed by atoms with Crippen molar-refractivity contribution in [1.29, 1.82) is 0 Å². The van der Waals surface area contributed by atoms with Crippen molar-refractivity contribution in [1.82, 2.24) is 4.98 Å². The quantitative estimate of drug-likeness (QED) is 0.240. The average Bonchev–Trinajstić information content (AvgIpc) is 3.25. The first-order valence-corrected chi connectivity index (χ1v) is 11.1. The van der Waals surface area contributed by atoms with Gasteiger partial charge < -0.3 is 18.6 Å².